The van der Waals surface area contributed by atoms with E-state index >= 15 is 0 Å². The lowest BCUT2D eigenvalue weighted by molar-refractivity contribution is -0.118. The van der Waals surface area contributed by atoms with Crippen LogP contribution in [0.1, 0.15) is 21.7 Å². The minimum absolute atomic E-state index is 0.0974. The van der Waals surface area contributed by atoms with E-state index in [9.17, 15) is 18.0 Å². The van der Waals surface area contributed by atoms with Gasteiger partial charge in [0, 0.05) is 18.5 Å². The first-order valence-corrected chi connectivity index (χ1v) is 8.01. The molecule has 0 spiro atoms. The Labute approximate surface area is 162 Å². The molecule has 29 heavy (non-hydrogen) atoms. The van der Waals surface area contributed by atoms with E-state index in [4.69, 9.17) is 14.4 Å². The molecule has 0 radical (unpaired) electrons. The number of nitrogens with two attached hydrogens (primary N) is 1. The predicted molar refractivity (Wildman–Crippen MR) is 92.9 cm³/mol. The summed E-state index contributed by atoms with van der Waals surface area (Å²) < 4.78 is 42.8. The third-order valence-corrected chi connectivity index (χ3v) is 3.39. The summed E-state index contributed by atoms with van der Waals surface area (Å²) in [5, 5.41) is 12.8. The average Bonchev–Trinajstić information content (AvgIpc) is 3.07. The third-order valence-electron chi connectivity index (χ3n) is 3.39. The highest BCUT2D eigenvalue weighted by Gasteiger charge is 2.23. The molecule has 0 aliphatic heterocycles. The van der Waals surface area contributed by atoms with Gasteiger partial charge in [0.2, 0.25) is 5.88 Å². The fraction of sp³-hybridized carbons (Fsp3) is 0.235. The Morgan fingerprint density at radius 2 is 2.00 bits per heavy atom. The Bertz CT molecular complexity index is 930. The van der Waals surface area contributed by atoms with E-state index in [0.29, 0.717) is 23.0 Å². The van der Waals surface area contributed by atoms with Crippen molar-refractivity contribution in [2.75, 3.05) is 6.54 Å². The molecule has 3 heterocycles. The SMILES string of the molecule is Cc1onc(-c2ccncn2)c1COc1ccc(C(=O)O)cn1.NCC(F)(F)F. The van der Waals surface area contributed by atoms with Crippen LogP contribution >= 0.6 is 0 Å². The number of aromatic carboxylic acids is 1. The second-order valence-electron chi connectivity index (χ2n) is 5.46. The maximum atomic E-state index is 10.8. The third kappa shape index (κ3) is 6.53. The largest absolute Gasteiger partial charge is 0.478 e. The number of halogens is 3. The van der Waals surface area contributed by atoms with Crippen molar-refractivity contribution in [3.05, 3.63) is 53.8 Å². The summed E-state index contributed by atoms with van der Waals surface area (Å²) in [4.78, 5) is 22.7. The molecule has 0 amide bonds. The molecule has 0 fully saturated rings. The first kappa shape index (κ1) is 21.8. The van der Waals surface area contributed by atoms with Crippen molar-refractivity contribution >= 4 is 5.97 Å². The fourth-order valence-corrected chi connectivity index (χ4v) is 1.93. The smallest absolute Gasteiger partial charge is 0.400 e. The zero-order chi connectivity index (χ0) is 21.4. The normalized spacial score (nSPS) is 10.8. The van der Waals surface area contributed by atoms with E-state index < -0.39 is 18.7 Å². The summed E-state index contributed by atoms with van der Waals surface area (Å²) in [5.74, 6) is -0.116. The molecule has 0 atom stereocenters. The molecule has 9 nitrogen and oxygen atoms in total. The Kier molecular flexibility index (Phi) is 7.20. The van der Waals surface area contributed by atoms with E-state index in [1.807, 2.05) is 0 Å². The molecule has 3 N–H and O–H groups in total. The molecule has 154 valence electrons. The van der Waals surface area contributed by atoms with Gasteiger partial charge in [0.15, 0.2) is 0 Å². The number of aryl methyl sites for hydroxylation is 1. The second-order valence-corrected chi connectivity index (χ2v) is 5.46. The van der Waals surface area contributed by atoms with Gasteiger partial charge in [0.1, 0.15) is 24.4 Å². The molecule has 3 rings (SSSR count). The molecule has 0 bridgehead atoms. The van der Waals surface area contributed by atoms with Gasteiger partial charge in [-0.2, -0.15) is 13.2 Å². The lowest BCUT2D eigenvalue weighted by Crippen LogP contribution is -2.21. The molecule has 0 unspecified atom stereocenters. The Morgan fingerprint density at radius 1 is 1.28 bits per heavy atom. The minimum atomic E-state index is -4.18. The number of carbonyl (C=O) groups is 1. The summed E-state index contributed by atoms with van der Waals surface area (Å²) >= 11 is 0. The monoisotopic (exact) mass is 411 g/mol. The van der Waals surface area contributed by atoms with E-state index in [2.05, 4.69) is 25.8 Å². The van der Waals surface area contributed by atoms with E-state index in [0.717, 1.165) is 5.56 Å². The summed E-state index contributed by atoms with van der Waals surface area (Å²) in [6.45, 7) is 0.721. The number of aromatic nitrogens is 4. The first-order chi connectivity index (χ1) is 13.7. The molecule has 0 aromatic carbocycles. The number of carboxylic acid groups (broad SMARTS) is 1. The standard InChI is InChI=1S/C15H12N4O4.C2H4F3N/c1-9-11(14(19-23-9)12-4-5-16-8-18-12)7-22-13-3-2-10(6-17-13)15(20)21;3-2(4,5)1-6/h2-6,8H,7H2,1H3,(H,20,21);1,6H2. The zero-order valence-corrected chi connectivity index (χ0v) is 15.1. The van der Waals surface area contributed by atoms with Crippen LogP contribution in [-0.4, -0.2) is 43.9 Å². The van der Waals surface area contributed by atoms with Crippen molar-refractivity contribution in [2.45, 2.75) is 19.7 Å². The minimum Gasteiger partial charge on any atom is -0.478 e. The van der Waals surface area contributed by atoms with Gasteiger partial charge in [0.25, 0.3) is 0 Å². The van der Waals surface area contributed by atoms with Gasteiger partial charge >= 0.3 is 12.1 Å². The molecule has 0 aliphatic rings. The number of rotatable bonds is 5. The van der Waals surface area contributed by atoms with Crippen LogP contribution in [0.25, 0.3) is 11.4 Å². The predicted octanol–water partition coefficient (Wildman–Crippen LogP) is 2.62. The highest BCUT2D eigenvalue weighted by molar-refractivity contribution is 5.87. The van der Waals surface area contributed by atoms with E-state index in [-0.39, 0.29) is 12.2 Å². The highest BCUT2D eigenvalue weighted by atomic mass is 19.4. The van der Waals surface area contributed by atoms with Crippen LogP contribution in [0.3, 0.4) is 0 Å². The summed E-state index contributed by atoms with van der Waals surface area (Å²) in [7, 11) is 0. The maximum absolute atomic E-state index is 10.8. The quantitative estimate of drug-likeness (QED) is 0.649. The van der Waals surface area contributed by atoms with Crippen molar-refractivity contribution < 1.29 is 32.3 Å². The van der Waals surface area contributed by atoms with Crippen molar-refractivity contribution in [3.63, 3.8) is 0 Å². The molecule has 3 aromatic heterocycles. The van der Waals surface area contributed by atoms with Crippen LogP contribution in [0.15, 0.2) is 41.4 Å². The number of nitrogens with zero attached hydrogens (tertiary/aromatic N) is 4. The fourth-order valence-electron chi connectivity index (χ4n) is 1.93. The molecular formula is C17H16F3N5O4. The molecule has 12 heteroatoms. The summed E-state index contributed by atoms with van der Waals surface area (Å²) in [6, 6.07) is 4.65. The van der Waals surface area contributed by atoms with Crippen LogP contribution < -0.4 is 10.5 Å². The van der Waals surface area contributed by atoms with Crippen molar-refractivity contribution in [2.24, 2.45) is 5.73 Å². The number of carboxylic acids is 1. The van der Waals surface area contributed by atoms with Crippen LogP contribution in [-0.2, 0) is 6.61 Å². The first-order valence-electron chi connectivity index (χ1n) is 8.01. The van der Waals surface area contributed by atoms with Crippen LogP contribution in [0.5, 0.6) is 5.88 Å². The summed E-state index contributed by atoms with van der Waals surface area (Å²) in [6.07, 6.45) is 0.100. The maximum Gasteiger partial charge on any atom is 0.400 e. The Balaban J connectivity index is 0.000000438. The number of pyridine rings is 1. The van der Waals surface area contributed by atoms with Gasteiger partial charge in [-0.25, -0.2) is 19.7 Å². The molecule has 0 aliphatic carbocycles. The van der Waals surface area contributed by atoms with Crippen LogP contribution in [0.2, 0.25) is 0 Å². The van der Waals surface area contributed by atoms with Gasteiger partial charge < -0.3 is 20.1 Å². The molecule has 3 aromatic rings. The highest BCUT2D eigenvalue weighted by Crippen LogP contribution is 2.24. The number of hydrogen-bond donors (Lipinski definition) is 2. The lowest BCUT2D eigenvalue weighted by atomic mass is 10.1. The average molecular weight is 411 g/mol. The van der Waals surface area contributed by atoms with Gasteiger partial charge in [0.05, 0.1) is 23.4 Å². The van der Waals surface area contributed by atoms with E-state index in [1.54, 1.807) is 19.2 Å². The van der Waals surface area contributed by atoms with Crippen molar-refractivity contribution in [3.8, 4) is 17.3 Å². The topological polar surface area (TPSA) is 137 Å². The Morgan fingerprint density at radius 3 is 2.52 bits per heavy atom. The second kappa shape index (κ2) is 9.59. The zero-order valence-electron chi connectivity index (χ0n) is 15.1. The van der Waals surface area contributed by atoms with Gasteiger partial charge in [-0.15, -0.1) is 0 Å². The molecular weight excluding hydrogens is 395 g/mol. The number of alkyl halides is 3. The summed E-state index contributed by atoms with van der Waals surface area (Å²) in [5.41, 5.74) is 6.23. The van der Waals surface area contributed by atoms with E-state index in [1.165, 1.54) is 24.7 Å². The van der Waals surface area contributed by atoms with Gasteiger partial charge in [-0.05, 0) is 19.1 Å². The van der Waals surface area contributed by atoms with Crippen molar-refractivity contribution in [1.29, 1.82) is 0 Å². The number of hydrogen-bond acceptors (Lipinski definition) is 8. The van der Waals surface area contributed by atoms with Gasteiger partial charge in [-0.1, -0.05) is 5.16 Å². The van der Waals surface area contributed by atoms with Crippen molar-refractivity contribution in [1.82, 2.24) is 20.1 Å². The molecule has 0 saturated carbocycles. The lowest BCUT2D eigenvalue weighted by Gasteiger charge is -2.05. The van der Waals surface area contributed by atoms with Crippen LogP contribution in [0, 0.1) is 6.92 Å². The van der Waals surface area contributed by atoms with Gasteiger partial charge in [-0.3, -0.25) is 0 Å². The number of ether oxygens (including phenoxy) is 1. The Hall–Kier alpha value is -3.54. The molecule has 0 saturated heterocycles. The van der Waals surface area contributed by atoms with Crippen LogP contribution in [0.4, 0.5) is 13.2 Å².